The molecule has 186 valence electrons. The SMILES string of the molecule is O=C(C1CCCC1)N1CCC(S(=O)(=O)c2ccc(N(C(=O)C3CNC3)c3cccnn3)cc2)CC1. The molecule has 0 unspecified atom stereocenters. The molecule has 2 saturated heterocycles. The fraction of sp³-hybridized carbons (Fsp3) is 0.520. The summed E-state index contributed by atoms with van der Waals surface area (Å²) < 4.78 is 26.7. The van der Waals surface area contributed by atoms with Gasteiger partial charge in [-0.15, -0.1) is 5.10 Å². The predicted molar refractivity (Wildman–Crippen MR) is 131 cm³/mol. The summed E-state index contributed by atoms with van der Waals surface area (Å²) in [7, 11) is -3.55. The number of hydrogen-bond donors (Lipinski definition) is 1. The Bertz CT molecular complexity index is 1150. The molecule has 1 aromatic carbocycles. The van der Waals surface area contributed by atoms with Crippen molar-refractivity contribution < 1.29 is 18.0 Å². The summed E-state index contributed by atoms with van der Waals surface area (Å²) in [6, 6.07) is 9.87. The molecule has 10 heteroatoms. The van der Waals surface area contributed by atoms with Crippen molar-refractivity contribution in [2.45, 2.75) is 48.7 Å². The first-order valence-electron chi connectivity index (χ1n) is 12.4. The number of rotatable bonds is 6. The van der Waals surface area contributed by atoms with Crippen LogP contribution in [0.3, 0.4) is 0 Å². The van der Waals surface area contributed by atoms with Crippen LogP contribution in [-0.2, 0) is 19.4 Å². The number of amides is 2. The van der Waals surface area contributed by atoms with E-state index >= 15 is 0 Å². The number of carbonyl (C=O) groups excluding carboxylic acids is 2. The number of anilines is 2. The number of nitrogens with one attached hydrogen (secondary N) is 1. The van der Waals surface area contributed by atoms with Gasteiger partial charge in [-0.1, -0.05) is 12.8 Å². The Labute approximate surface area is 205 Å². The fourth-order valence-electron chi connectivity index (χ4n) is 5.23. The van der Waals surface area contributed by atoms with Gasteiger partial charge in [0.1, 0.15) is 0 Å². The van der Waals surface area contributed by atoms with Gasteiger partial charge in [0.15, 0.2) is 15.7 Å². The lowest BCUT2D eigenvalue weighted by Crippen LogP contribution is -2.51. The molecule has 1 aliphatic carbocycles. The minimum Gasteiger partial charge on any atom is -0.342 e. The molecule has 0 radical (unpaired) electrons. The second kappa shape index (κ2) is 10.0. The van der Waals surface area contributed by atoms with E-state index in [0.717, 1.165) is 25.7 Å². The van der Waals surface area contributed by atoms with Crippen LogP contribution < -0.4 is 10.2 Å². The van der Waals surface area contributed by atoms with Crippen molar-refractivity contribution in [3.63, 3.8) is 0 Å². The lowest BCUT2D eigenvalue weighted by Gasteiger charge is -2.33. The van der Waals surface area contributed by atoms with Crippen LogP contribution in [0.25, 0.3) is 0 Å². The molecule has 0 bridgehead atoms. The molecule has 3 heterocycles. The average molecular weight is 498 g/mol. The van der Waals surface area contributed by atoms with Crippen molar-refractivity contribution in [1.29, 1.82) is 0 Å². The Morgan fingerprint density at radius 1 is 0.943 bits per heavy atom. The number of likely N-dealkylation sites (tertiary alicyclic amines) is 1. The summed E-state index contributed by atoms with van der Waals surface area (Å²) in [5, 5.41) is 10.6. The van der Waals surface area contributed by atoms with E-state index < -0.39 is 15.1 Å². The molecule has 2 aliphatic heterocycles. The van der Waals surface area contributed by atoms with Crippen molar-refractivity contribution in [1.82, 2.24) is 20.4 Å². The second-order valence-electron chi connectivity index (χ2n) is 9.66. The minimum absolute atomic E-state index is 0.0980. The van der Waals surface area contributed by atoms with Gasteiger partial charge in [-0.05, 0) is 62.1 Å². The molecule has 9 nitrogen and oxygen atoms in total. The van der Waals surface area contributed by atoms with Crippen LogP contribution in [0.15, 0.2) is 47.5 Å². The average Bonchev–Trinajstić information content (AvgIpc) is 3.39. The van der Waals surface area contributed by atoms with E-state index in [1.807, 2.05) is 4.90 Å². The molecular formula is C25H31N5O4S. The standard InChI is InChI=1S/C25H31N5O4S/c31-24(18-4-1-2-5-18)29-14-11-22(12-15-29)35(33,34)21-9-7-20(8-10-21)30(23-6-3-13-27-28-23)25(32)19-16-26-17-19/h3,6-10,13,18-19,22,26H,1-2,4-5,11-12,14-17H2. The van der Waals surface area contributed by atoms with E-state index in [1.54, 1.807) is 42.6 Å². The van der Waals surface area contributed by atoms with Crippen LogP contribution >= 0.6 is 0 Å². The van der Waals surface area contributed by atoms with Crippen LogP contribution in [0.5, 0.6) is 0 Å². The van der Waals surface area contributed by atoms with Crippen LogP contribution in [-0.4, -0.2) is 66.8 Å². The van der Waals surface area contributed by atoms with Crippen LogP contribution in [0.1, 0.15) is 38.5 Å². The first-order valence-corrected chi connectivity index (χ1v) is 13.9. The summed E-state index contributed by atoms with van der Waals surface area (Å²) in [5.41, 5.74) is 0.554. The van der Waals surface area contributed by atoms with E-state index in [2.05, 4.69) is 15.5 Å². The Morgan fingerprint density at radius 3 is 2.20 bits per heavy atom. The fourth-order valence-corrected chi connectivity index (χ4v) is 6.96. The molecule has 35 heavy (non-hydrogen) atoms. The summed E-state index contributed by atoms with van der Waals surface area (Å²) in [6.07, 6.45) is 6.55. The molecule has 1 N–H and O–H groups in total. The van der Waals surface area contributed by atoms with Gasteiger partial charge >= 0.3 is 0 Å². The normalized spacial score (nSPS) is 19.9. The van der Waals surface area contributed by atoms with Gasteiger partial charge in [0, 0.05) is 38.3 Å². The van der Waals surface area contributed by atoms with Gasteiger partial charge in [0.25, 0.3) is 0 Å². The second-order valence-corrected chi connectivity index (χ2v) is 11.9. The molecule has 0 atom stereocenters. The van der Waals surface area contributed by atoms with Crippen LogP contribution in [0.4, 0.5) is 11.5 Å². The summed E-state index contributed by atoms with van der Waals surface area (Å²) in [5.74, 6) is 0.459. The first-order chi connectivity index (χ1) is 16.9. The largest absolute Gasteiger partial charge is 0.342 e. The number of nitrogens with zero attached hydrogens (tertiary/aromatic N) is 4. The van der Waals surface area contributed by atoms with Gasteiger partial charge in [0.2, 0.25) is 11.8 Å². The Morgan fingerprint density at radius 2 is 1.63 bits per heavy atom. The molecule has 2 amide bonds. The number of piperidine rings is 1. The Balaban J connectivity index is 1.30. The highest BCUT2D eigenvalue weighted by molar-refractivity contribution is 7.92. The van der Waals surface area contributed by atoms with E-state index in [4.69, 9.17) is 0 Å². The molecule has 3 fully saturated rings. The highest BCUT2D eigenvalue weighted by atomic mass is 32.2. The van der Waals surface area contributed by atoms with Crippen LogP contribution in [0, 0.1) is 11.8 Å². The van der Waals surface area contributed by atoms with Gasteiger partial charge in [-0.3, -0.25) is 14.5 Å². The molecule has 5 rings (SSSR count). The first kappa shape index (κ1) is 23.9. The third-order valence-corrected chi connectivity index (χ3v) is 9.74. The molecular weight excluding hydrogens is 466 g/mol. The maximum Gasteiger partial charge on any atom is 0.238 e. The smallest absolute Gasteiger partial charge is 0.238 e. The maximum atomic E-state index is 13.4. The number of carbonyl (C=O) groups is 2. The third-order valence-electron chi connectivity index (χ3n) is 7.46. The quantitative estimate of drug-likeness (QED) is 0.652. The monoisotopic (exact) mass is 497 g/mol. The lowest BCUT2D eigenvalue weighted by molar-refractivity contribution is -0.136. The topological polar surface area (TPSA) is 113 Å². The van der Waals surface area contributed by atoms with Crippen molar-refractivity contribution in [3.05, 3.63) is 42.6 Å². The summed E-state index contributed by atoms with van der Waals surface area (Å²) >= 11 is 0. The van der Waals surface area contributed by atoms with Crippen LogP contribution in [0.2, 0.25) is 0 Å². The van der Waals surface area contributed by atoms with E-state index in [-0.39, 0.29) is 28.5 Å². The molecule has 1 aromatic heterocycles. The van der Waals surface area contributed by atoms with Gasteiger partial charge in [-0.2, -0.15) is 5.10 Å². The lowest BCUT2D eigenvalue weighted by atomic mass is 10.0. The molecule has 1 saturated carbocycles. The Hall–Kier alpha value is -2.85. The zero-order valence-corrected chi connectivity index (χ0v) is 20.5. The van der Waals surface area contributed by atoms with Crippen molar-refractivity contribution in [3.8, 4) is 0 Å². The minimum atomic E-state index is -3.55. The van der Waals surface area contributed by atoms with Crippen molar-refractivity contribution in [2.75, 3.05) is 31.1 Å². The number of benzene rings is 1. The van der Waals surface area contributed by atoms with E-state index in [9.17, 15) is 18.0 Å². The third kappa shape index (κ3) is 4.81. The summed E-state index contributed by atoms with van der Waals surface area (Å²) in [6.45, 7) is 2.18. The molecule has 2 aromatic rings. The predicted octanol–water partition coefficient (Wildman–Crippen LogP) is 2.32. The number of sulfone groups is 1. The molecule has 0 spiro atoms. The summed E-state index contributed by atoms with van der Waals surface area (Å²) in [4.78, 5) is 29.4. The highest BCUT2D eigenvalue weighted by Crippen LogP contribution is 2.32. The number of hydrogen-bond acceptors (Lipinski definition) is 7. The van der Waals surface area contributed by atoms with Gasteiger partial charge in [-0.25, -0.2) is 8.42 Å². The number of aromatic nitrogens is 2. The van der Waals surface area contributed by atoms with Gasteiger partial charge < -0.3 is 10.2 Å². The maximum absolute atomic E-state index is 13.4. The zero-order valence-electron chi connectivity index (χ0n) is 19.7. The highest BCUT2D eigenvalue weighted by Gasteiger charge is 2.36. The Kier molecular flexibility index (Phi) is 6.84. The van der Waals surface area contributed by atoms with E-state index in [1.165, 1.54) is 4.90 Å². The van der Waals surface area contributed by atoms with Crippen molar-refractivity contribution in [2.24, 2.45) is 11.8 Å². The zero-order chi connectivity index (χ0) is 24.4. The molecule has 3 aliphatic rings. The van der Waals surface area contributed by atoms with E-state index in [0.29, 0.717) is 50.5 Å². The van der Waals surface area contributed by atoms with Crippen molar-refractivity contribution >= 4 is 33.2 Å². The van der Waals surface area contributed by atoms with Gasteiger partial charge in [0.05, 0.1) is 21.8 Å².